The fourth-order valence-corrected chi connectivity index (χ4v) is 4.61. The number of carbonyl (C=O) groups excluding carboxylic acids is 1. The van der Waals surface area contributed by atoms with Gasteiger partial charge in [0.1, 0.15) is 5.60 Å². The van der Waals surface area contributed by atoms with Gasteiger partial charge in [0.05, 0.1) is 12.2 Å². The van der Waals surface area contributed by atoms with Crippen LogP contribution in [0.1, 0.15) is 71.3 Å². The van der Waals surface area contributed by atoms with Crippen molar-refractivity contribution in [2.75, 3.05) is 6.61 Å². The van der Waals surface area contributed by atoms with Crippen LogP contribution < -0.4 is 0 Å². The van der Waals surface area contributed by atoms with E-state index in [1.165, 1.54) is 5.56 Å². The first-order chi connectivity index (χ1) is 13.3. The lowest BCUT2D eigenvalue weighted by Gasteiger charge is -2.51. The van der Waals surface area contributed by atoms with Gasteiger partial charge in [0, 0.05) is 18.7 Å². The highest BCUT2D eigenvalue weighted by molar-refractivity contribution is 5.69. The lowest BCUT2D eigenvalue weighted by molar-refractivity contribution is -0.0983. The molecule has 1 aromatic rings. The highest BCUT2D eigenvalue weighted by Gasteiger charge is 2.48. The van der Waals surface area contributed by atoms with Crippen molar-refractivity contribution in [3.8, 4) is 0 Å². The zero-order chi connectivity index (χ0) is 20.2. The summed E-state index contributed by atoms with van der Waals surface area (Å²) in [5, 5.41) is 11.2. The smallest absolute Gasteiger partial charge is 0.410 e. The van der Waals surface area contributed by atoms with E-state index in [4.69, 9.17) is 9.47 Å². The lowest BCUT2D eigenvalue weighted by Crippen LogP contribution is -2.60. The second-order valence-electron chi connectivity index (χ2n) is 9.40. The zero-order valence-electron chi connectivity index (χ0n) is 17.5. The van der Waals surface area contributed by atoms with Gasteiger partial charge in [0.15, 0.2) is 0 Å². The van der Waals surface area contributed by atoms with E-state index in [2.05, 4.69) is 12.1 Å². The van der Waals surface area contributed by atoms with Crippen molar-refractivity contribution in [3.05, 3.63) is 35.9 Å². The Morgan fingerprint density at radius 1 is 1.18 bits per heavy atom. The van der Waals surface area contributed by atoms with Gasteiger partial charge in [-0.3, -0.25) is 0 Å². The molecule has 2 atom stereocenters. The van der Waals surface area contributed by atoms with Gasteiger partial charge in [-0.1, -0.05) is 30.3 Å². The maximum atomic E-state index is 12.7. The summed E-state index contributed by atoms with van der Waals surface area (Å²) in [4.78, 5) is 14.6. The topological polar surface area (TPSA) is 59.0 Å². The van der Waals surface area contributed by atoms with Crippen molar-refractivity contribution < 1.29 is 19.4 Å². The van der Waals surface area contributed by atoms with Crippen LogP contribution in [0.25, 0.3) is 0 Å². The van der Waals surface area contributed by atoms with Crippen molar-refractivity contribution in [2.24, 2.45) is 0 Å². The van der Waals surface area contributed by atoms with Crippen LogP contribution in [0.15, 0.2) is 30.3 Å². The Morgan fingerprint density at radius 3 is 2.43 bits per heavy atom. The minimum atomic E-state index is -0.704. The van der Waals surface area contributed by atoms with Crippen molar-refractivity contribution >= 4 is 6.09 Å². The third-order valence-corrected chi connectivity index (χ3v) is 5.74. The second-order valence-corrected chi connectivity index (χ2v) is 9.40. The molecule has 156 valence electrons. The summed E-state index contributed by atoms with van der Waals surface area (Å²) in [6.45, 7) is 6.95. The van der Waals surface area contributed by atoms with E-state index in [1.807, 2.05) is 43.9 Å². The van der Waals surface area contributed by atoms with Gasteiger partial charge in [0.2, 0.25) is 0 Å². The number of ether oxygens (including phenoxy) is 2. The van der Waals surface area contributed by atoms with Crippen LogP contribution in [-0.4, -0.2) is 46.0 Å². The third-order valence-electron chi connectivity index (χ3n) is 5.74. The number of carbonyl (C=O) groups is 1. The molecule has 28 heavy (non-hydrogen) atoms. The summed E-state index contributed by atoms with van der Waals surface area (Å²) < 4.78 is 11.4. The summed E-state index contributed by atoms with van der Waals surface area (Å²) in [5.41, 5.74) is -0.0269. The van der Waals surface area contributed by atoms with Gasteiger partial charge in [0.25, 0.3) is 0 Å². The highest BCUT2D eigenvalue weighted by atomic mass is 16.6. The molecule has 1 amide bonds. The number of benzene rings is 1. The van der Waals surface area contributed by atoms with E-state index < -0.39 is 11.2 Å². The Bertz CT molecular complexity index is 626. The van der Waals surface area contributed by atoms with Crippen LogP contribution >= 0.6 is 0 Å². The van der Waals surface area contributed by atoms with Crippen molar-refractivity contribution in [3.63, 3.8) is 0 Å². The molecule has 0 aliphatic carbocycles. The minimum absolute atomic E-state index is 0.0811. The molecule has 0 radical (unpaired) electrons. The summed E-state index contributed by atoms with van der Waals surface area (Å²) in [6, 6.07) is 10.3. The fourth-order valence-electron chi connectivity index (χ4n) is 4.61. The standard InChI is InChI=1S/C23H35NO4/c1-22(2,3)28-21(25)24-19-11-7-12-20(24)16-23(26,15-19)13-8-14-27-17-18-9-5-4-6-10-18/h4-6,9-10,19-20,26H,7-8,11-17H2,1-3H3. The molecule has 2 aliphatic rings. The molecule has 3 rings (SSSR count). The molecule has 2 bridgehead atoms. The summed E-state index contributed by atoms with van der Waals surface area (Å²) in [7, 11) is 0. The normalized spacial score (nSPS) is 27.5. The summed E-state index contributed by atoms with van der Waals surface area (Å²) >= 11 is 0. The average molecular weight is 390 g/mol. The highest BCUT2D eigenvalue weighted by Crippen LogP contribution is 2.41. The van der Waals surface area contributed by atoms with Gasteiger partial charge < -0.3 is 19.5 Å². The predicted molar refractivity (Wildman–Crippen MR) is 109 cm³/mol. The number of hydrogen-bond acceptors (Lipinski definition) is 4. The zero-order valence-corrected chi connectivity index (χ0v) is 17.5. The minimum Gasteiger partial charge on any atom is -0.444 e. The Kier molecular flexibility index (Phi) is 6.66. The fraction of sp³-hybridized carbons (Fsp3) is 0.696. The van der Waals surface area contributed by atoms with Gasteiger partial charge in [-0.25, -0.2) is 4.79 Å². The number of hydrogen-bond donors (Lipinski definition) is 1. The molecule has 5 heteroatoms. The van der Waals surface area contributed by atoms with Gasteiger partial charge >= 0.3 is 6.09 Å². The molecule has 0 spiro atoms. The number of rotatable bonds is 6. The van der Waals surface area contributed by atoms with Gasteiger partial charge in [-0.15, -0.1) is 0 Å². The van der Waals surface area contributed by atoms with Crippen molar-refractivity contribution in [1.82, 2.24) is 4.90 Å². The molecule has 2 unspecified atom stereocenters. The third kappa shape index (κ3) is 5.71. The van der Waals surface area contributed by atoms with Crippen LogP contribution in [0.3, 0.4) is 0 Å². The number of piperidine rings is 2. The molecule has 0 saturated carbocycles. The summed E-state index contributed by atoms with van der Waals surface area (Å²) in [5.74, 6) is 0. The quantitative estimate of drug-likeness (QED) is 0.719. The van der Waals surface area contributed by atoms with Crippen molar-refractivity contribution in [2.45, 2.75) is 95.6 Å². The van der Waals surface area contributed by atoms with Crippen LogP contribution in [0.5, 0.6) is 0 Å². The molecule has 2 fully saturated rings. The Labute approximate surface area is 169 Å². The van der Waals surface area contributed by atoms with E-state index in [0.717, 1.165) is 32.1 Å². The van der Waals surface area contributed by atoms with Crippen LogP contribution in [-0.2, 0) is 16.1 Å². The molecule has 5 nitrogen and oxygen atoms in total. The van der Waals surface area contributed by atoms with Crippen LogP contribution in [0, 0.1) is 0 Å². The molecule has 2 saturated heterocycles. The average Bonchev–Trinajstić information content (AvgIpc) is 2.60. The van der Waals surface area contributed by atoms with E-state index in [-0.39, 0.29) is 18.2 Å². The van der Waals surface area contributed by atoms with E-state index >= 15 is 0 Å². The number of amides is 1. The first-order valence-corrected chi connectivity index (χ1v) is 10.6. The second kappa shape index (κ2) is 8.83. The molecular formula is C23H35NO4. The monoisotopic (exact) mass is 389 g/mol. The first kappa shape index (κ1) is 21.1. The van der Waals surface area contributed by atoms with E-state index in [0.29, 0.717) is 26.1 Å². The Morgan fingerprint density at radius 2 is 1.82 bits per heavy atom. The lowest BCUT2D eigenvalue weighted by atomic mass is 9.74. The number of aliphatic hydroxyl groups is 1. The van der Waals surface area contributed by atoms with E-state index in [1.54, 1.807) is 0 Å². The number of nitrogens with zero attached hydrogens (tertiary/aromatic N) is 1. The SMILES string of the molecule is CC(C)(C)OC(=O)N1C2CCCC1CC(O)(CCCOCc1ccccc1)C2. The predicted octanol–water partition coefficient (Wildman–Crippen LogP) is 4.67. The molecule has 1 aromatic carbocycles. The molecule has 1 N–H and O–H groups in total. The van der Waals surface area contributed by atoms with Crippen LogP contribution in [0.2, 0.25) is 0 Å². The first-order valence-electron chi connectivity index (χ1n) is 10.6. The van der Waals surface area contributed by atoms with Gasteiger partial charge in [-0.05, 0) is 71.3 Å². The Hall–Kier alpha value is -1.59. The molecule has 2 aliphatic heterocycles. The molecule has 2 heterocycles. The number of fused-ring (bicyclic) bond motifs is 2. The van der Waals surface area contributed by atoms with Crippen molar-refractivity contribution in [1.29, 1.82) is 0 Å². The van der Waals surface area contributed by atoms with E-state index in [9.17, 15) is 9.90 Å². The molecular weight excluding hydrogens is 354 g/mol. The van der Waals surface area contributed by atoms with Gasteiger partial charge in [-0.2, -0.15) is 0 Å². The molecule has 0 aromatic heterocycles. The maximum absolute atomic E-state index is 12.7. The Balaban J connectivity index is 1.48. The largest absolute Gasteiger partial charge is 0.444 e. The maximum Gasteiger partial charge on any atom is 0.410 e. The van der Waals surface area contributed by atoms with Crippen LogP contribution in [0.4, 0.5) is 4.79 Å². The summed E-state index contributed by atoms with van der Waals surface area (Å²) in [6.07, 6.45) is 5.61.